The second kappa shape index (κ2) is 10.6. The van der Waals surface area contributed by atoms with E-state index in [0.717, 1.165) is 11.1 Å². The first-order valence-electron chi connectivity index (χ1n) is 9.73. The number of carbonyl (C=O) groups is 1. The second-order valence-electron chi connectivity index (χ2n) is 7.04. The summed E-state index contributed by atoms with van der Waals surface area (Å²) >= 11 is 11.9. The molecule has 2 aromatic carbocycles. The lowest BCUT2D eigenvalue weighted by atomic mass is 10.1. The molecular weight excluding hydrogens is 447 g/mol. The number of rotatable bonds is 8. The Labute approximate surface area is 187 Å². The summed E-state index contributed by atoms with van der Waals surface area (Å²) in [6.07, 6.45) is 1.50. The number of aryl methyl sites for hydroxylation is 1. The Morgan fingerprint density at radius 2 is 1.60 bits per heavy atom. The summed E-state index contributed by atoms with van der Waals surface area (Å²) in [5, 5.41) is 4.02. The molecule has 0 atom stereocenters. The van der Waals surface area contributed by atoms with E-state index in [4.69, 9.17) is 27.9 Å². The summed E-state index contributed by atoms with van der Waals surface area (Å²) in [5.74, 6) is -0.0619. The Kier molecular flexibility index (Phi) is 8.13. The number of halogens is 2. The number of morpholine rings is 1. The zero-order valence-corrected chi connectivity index (χ0v) is 18.8. The predicted molar refractivity (Wildman–Crippen MR) is 118 cm³/mol. The molecule has 1 amide bonds. The van der Waals surface area contributed by atoms with Crippen molar-refractivity contribution in [1.82, 2.24) is 9.62 Å². The molecule has 0 aliphatic carbocycles. The lowest BCUT2D eigenvalue weighted by molar-refractivity contribution is -0.121. The van der Waals surface area contributed by atoms with E-state index in [1.165, 1.54) is 4.31 Å². The number of hydrogen-bond acceptors (Lipinski definition) is 4. The molecule has 0 spiro atoms. The van der Waals surface area contributed by atoms with Gasteiger partial charge in [-0.25, -0.2) is 8.42 Å². The minimum atomic E-state index is -3.50. The van der Waals surface area contributed by atoms with E-state index >= 15 is 0 Å². The first kappa shape index (κ1) is 23.0. The van der Waals surface area contributed by atoms with Crippen molar-refractivity contribution in [3.8, 4) is 0 Å². The number of nitrogens with one attached hydrogen (secondary N) is 1. The van der Waals surface area contributed by atoms with Gasteiger partial charge >= 0.3 is 0 Å². The molecular formula is C21H24Cl2N2O4S. The molecule has 0 bridgehead atoms. The fourth-order valence-electron chi connectivity index (χ4n) is 3.21. The molecule has 3 rings (SSSR count). The van der Waals surface area contributed by atoms with Crippen molar-refractivity contribution in [2.45, 2.75) is 24.2 Å². The second-order valence-corrected chi connectivity index (χ2v) is 9.85. The Hall–Kier alpha value is -1.64. The van der Waals surface area contributed by atoms with Crippen LogP contribution in [-0.4, -0.2) is 51.5 Å². The molecule has 1 fully saturated rings. The van der Waals surface area contributed by atoms with Gasteiger partial charge in [0.2, 0.25) is 15.9 Å². The van der Waals surface area contributed by atoms with Crippen LogP contribution in [-0.2, 0) is 32.4 Å². The van der Waals surface area contributed by atoms with Crippen molar-refractivity contribution < 1.29 is 17.9 Å². The van der Waals surface area contributed by atoms with Crippen molar-refractivity contribution in [3.63, 3.8) is 0 Å². The SMILES string of the molecule is O=C(CCc1ccc(S(=O)(=O)N2CCOCC2)cc1)NCCc1cc(Cl)cc(Cl)c1. The zero-order valence-electron chi connectivity index (χ0n) is 16.4. The normalized spacial score (nSPS) is 15.1. The Morgan fingerprint density at radius 3 is 2.23 bits per heavy atom. The molecule has 0 radical (unpaired) electrons. The fraction of sp³-hybridized carbons (Fsp3) is 0.381. The van der Waals surface area contributed by atoms with Gasteiger partial charge in [-0.05, 0) is 54.3 Å². The molecule has 1 N–H and O–H groups in total. The van der Waals surface area contributed by atoms with Crippen molar-refractivity contribution >= 4 is 39.1 Å². The summed E-state index contributed by atoms with van der Waals surface area (Å²) in [5.41, 5.74) is 1.87. The molecule has 30 heavy (non-hydrogen) atoms. The van der Waals surface area contributed by atoms with Crippen LogP contribution in [0.1, 0.15) is 17.5 Å². The number of ether oxygens (including phenoxy) is 1. The van der Waals surface area contributed by atoms with Crippen LogP contribution in [0.5, 0.6) is 0 Å². The summed E-state index contributed by atoms with van der Waals surface area (Å²) in [6, 6.07) is 12.0. The van der Waals surface area contributed by atoms with E-state index < -0.39 is 10.0 Å². The number of nitrogens with zero attached hydrogens (tertiary/aromatic N) is 1. The number of benzene rings is 2. The molecule has 0 unspecified atom stereocenters. The van der Waals surface area contributed by atoms with Gasteiger partial charge in [0.1, 0.15) is 0 Å². The molecule has 2 aromatic rings. The van der Waals surface area contributed by atoms with Crippen LogP contribution >= 0.6 is 23.2 Å². The van der Waals surface area contributed by atoms with Gasteiger partial charge in [-0.15, -0.1) is 0 Å². The monoisotopic (exact) mass is 470 g/mol. The van der Waals surface area contributed by atoms with Crippen molar-refractivity contribution in [1.29, 1.82) is 0 Å². The Morgan fingerprint density at radius 1 is 0.967 bits per heavy atom. The Balaban J connectivity index is 1.45. The highest BCUT2D eigenvalue weighted by molar-refractivity contribution is 7.89. The van der Waals surface area contributed by atoms with Crippen LogP contribution in [0, 0.1) is 0 Å². The van der Waals surface area contributed by atoms with Crippen LogP contribution in [0.3, 0.4) is 0 Å². The number of carbonyl (C=O) groups excluding carboxylic acids is 1. The maximum absolute atomic E-state index is 12.6. The molecule has 1 saturated heterocycles. The van der Waals surface area contributed by atoms with E-state index in [2.05, 4.69) is 5.32 Å². The van der Waals surface area contributed by atoms with Crippen LogP contribution in [0.2, 0.25) is 10.0 Å². The van der Waals surface area contributed by atoms with Crippen LogP contribution in [0.25, 0.3) is 0 Å². The lowest BCUT2D eigenvalue weighted by Crippen LogP contribution is -2.40. The molecule has 1 aliphatic heterocycles. The van der Waals surface area contributed by atoms with Crippen molar-refractivity contribution in [3.05, 3.63) is 63.6 Å². The summed E-state index contributed by atoms with van der Waals surface area (Å²) in [7, 11) is -3.50. The van der Waals surface area contributed by atoms with Gasteiger partial charge in [0, 0.05) is 36.1 Å². The van der Waals surface area contributed by atoms with E-state index in [-0.39, 0.29) is 10.8 Å². The van der Waals surface area contributed by atoms with Crippen LogP contribution in [0.4, 0.5) is 0 Å². The minimum Gasteiger partial charge on any atom is -0.379 e. The van der Waals surface area contributed by atoms with Crippen molar-refractivity contribution in [2.75, 3.05) is 32.8 Å². The van der Waals surface area contributed by atoms with Crippen molar-refractivity contribution in [2.24, 2.45) is 0 Å². The smallest absolute Gasteiger partial charge is 0.243 e. The molecule has 1 heterocycles. The third-order valence-electron chi connectivity index (χ3n) is 4.83. The van der Waals surface area contributed by atoms with E-state index in [0.29, 0.717) is 62.2 Å². The maximum atomic E-state index is 12.6. The van der Waals surface area contributed by atoms with Crippen LogP contribution in [0.15, 0.2) is 47.4 Å². The van der Waals surface area contributed by atoms with E-state index in [1.807, 2.05) is 12.1 Å². The Bertz CT molecular complexity index is 955. The first-order chi connectivity index (χ1) is 14.3. The molecule has 9 heteroatoms. The zero-order chi connectivity index (χ0) is 21.6. The summed E-state index contributed by atoms with van der Waals surface area (Å²) < 4.78 is 31.9. The number of amides is 1. The first-order valence-corrected chi connectivity index (χ1v) is 11.9. The third kappa shape index (κ3) is 6.43. The molecule has 0 aromatic heterocycles. The largest absolute Gasteiger partial charge is 0.379 e. The van der Waals surface area contributed by atoms with E-state index in [1.54, 1.807) is 30.3 Å². The lowest BCUT2D eigenvalue weighted by Gasteiger charge is -2.26. The van der Waals surface area contributed by atoms with Gasteiger partial charge in [0.15, 0.2) is 0 Å². The molecule has 162 valence electrons. The highest BCUT2D eigenvalue weighted by Gasteiger charge is 2.26. The molecule has 6 nitrogen and oxygen atoms in total. The summed E-state index contributed by atoms with van der Waals surface area (Å²) in [4.78, 5) is 12.4. The maximum Gasteiger partial charge on any atom is 0.243 e. The quantitative estimate of drug-likeness (QED) is 0.641. The predicted octanol–water partition coefficient (Wildman–Crippen LogP) is 3.31. The van der Waals surface area contributed by atoms with Gasteiger partial charge in [0.05, 0.1) is 18.1 Å². The van der Waals surface area contributed by atoms with Gasteiger partial charge in [-0.3, -0.25) is 4.79 Å². The molecule has 0 saturated carbocycles. The van der Waals surface area contributed by atoms with E-state index in [9.17, 15) is 13.2 Å². The minimum absolute atomic E-state index is 0.0619. The van der Waals surface area contributed by atoms with Gasteiger partial charge in [0.25, 0.3) is 0 Å². The van der Waals surface area contributed by atoms with Gasteiger partial charge in [-0.1, -0.05) is 35.3 Å². The highest BCUT2D eigenvalue weighted by Crippen LogP contribution is 2.20. The van der Waals surface area contributed by atoms with Crippen LogP contribution < -0.4 is 5.32 Å². The average Bonchev–Trinajstić information content (AvgIpc) is 2.72. The number of sulfonamides is 1. The topological polar surface area (TPSA) is 75.7 Å². The molecule has 1 aliphatic rings. The van der Waals surface area contributed by atoms with Gasteiger partial charge in [-0.2, -0.15) is 4.31 Å². The third-order valence-corrected chi connectivity index (χ3v) is 7.18. The fourth-order valence-corrected chi connectivity index (χ4v) is 5.19. The standard InChI is InChI=1S/C21H24Cl2N2O4S/c22-18-13-17(14-19(23)15-18)7-8-24-21(26)6-3-16-1-4-20(5-2-16)30(27,28)25-9-11-29-12-10-25/h1-2,4-5,13-15H,3,6-12H2,(H,24,26). The summed E-state index contributed by atoms with van der Waals surface area (Å²) in [6.45, 7) is 2.05. The average molecular weight is 471 g/mol. The number of hydrogen-bond donors (Lipinski definition) is 1. The van der Waals surface area contributed by atoms with Gasteiger partial charge < -0.3 is 10.1 Å². The highest BCUT2D eigenvalue weighted by atomic mass is 35.5.